The fraction of sp³-hybridized carbons (Fsp3) is 0.417. The molecule has 0 aliphatic heterocycles. The van der Waals surface area contributed by atoms with Crippen LogP contribution >= 0.6 is 0 Å². The summed E-state index contributed by atoms with van der Waals surface area (Å²) in [5.41, 5.74) is 1.71. The third-order valence-corrected chi connectivity index (χ3v) is 2.49. The van der Waals surface area contributed by atoms with E-state index in [0.717, 1.165) is 5.56 Å². The molecule has 0 radical (unpaired) electrons. The van der Waals surface area contributed by atoms with Crippen molar-refractivity contribution in [1.82, 2.24) is 0 Å². The van der Waals surface area contributed by atoms with E-state index in [2.05, 4.69) is 4.74 Å². The van der Waals surface area contributed by atoms with Crippen LogP contribution in [-0.4, -0.2) is 12.4 Å². The van der Waals surface area contributed by atoms with E-state index in [-0.39, 0.29) is 17.1 Å². The smallest absolute Gasteiger partial charge is 0.387 e. The van der Waals surface area contributed by atoms with Crippen LogP contribution in [0.1, 0.15) is 35.3 Å². The minimum atomic E-state index is -2.91. The molecule has 1 aromatic carbocycles. The molecule has 0 aliphatic carbocycles. The Labute approximate surface area is 93.2 Å². The number of alkyl halides is 2. The highest BCUT2D eigenvalue weighted by Gasteiger charge is 2.17. The van der Waals surface area contributed by atoms with Crippen molar-refractivity contribution >= 4 is 5.78 Å². The van der Waals surface area contributed by atoms with Gasteiger partial charge >= 0.3 is 6.61 Å². The number of hydrogen-bond donors (Lipinski definition) is 0. The molecule has 0 aliphatic rings. The molecule has 0 saturated heterocycles. The van der Waals surface area contributed by atoms with Gasteiger partial charge in [-0.25, -0.2) is 0 Å². The van der Waals surface area contributed by atoms with Gasteiger partial charge in [-0.2, -0.15) is 8.78 Å². The molecule has 2 nitrogen and oxygen atoms in total. The van der Waals surface area contributed by atoms with Gasteiger partial charge in [-0.1, -0.05) is 13.0 Å². The molecule has 0 fully saturated rings. The number of halogens is 2. The topological polar surface area (TPSA) is 26.3 Å². The number of aryl methyl sites for hydroxylation is 1. The lowest BCUT2D eigenvalue weighted by atomic mass is 10.00. The van der Waals surface area contributed by atoms with Gasteiger partial charge in [0.25, 0.3) is 0 Å². The third-order valence-electron chi connectivity index (χ3n) is 2.49. The average Bonchev–Trinajstić information content (AvgIpc) is 2.19. The van der Waals surface area contributed by atoms with Crippen molar-refractivity contribution in [2.45, 2.75) is 33.8 Å². The zero-order chi connectivity index (χ0) is 12.3. The highest BCUT2D eigenvalue weighted by Crippen LogP contribution is 2.29. The Kier molecular flexibility index (Phi) is 3.99. The predicted octanol–water partition coefficient (Wildman–Crippen LogP) is 3.36. The molecule has 0 heterocycles. The van der Waals surface area contributed by atoms with E-state index < -0.39 is 6.61 Å². The van der Waals surface area contributed by atoms with Gasteiger partial charge in [0, 0.05) is 0 Å². The van der Waals surface area contributed by atoms with Gasteiger partial charge in [0.2, 0.25) is 0 Å². The molecule has 16 heavy (non-hydrogen) atoms. The Morgan fingerprint density at radius 1 is 1.44 bits per heavy atom. The highest BCUT2D eigenvalue weighted by atomic mass is 19.3. The number of benzene rings is 1. The summed E-state index contributed by atoms with van der Waals surface area (Å²) in [6.45, 7) is 2.02. The van der Waals surface area contributed by atoms with E-state index in [1.807, 2.05) is 6.92 Å². The van der Waals surface area contributed by atoms with Crippen LogP contribution < -0.4 is 4.74 Å². The van der Waals surface area contributed by atoms with Crippen molar-refractivity contribution < 1.29 is 18.3 Å². The number of carbonyl (C=O) groups excluding carboxylic acids is 1. The SMILES string of the molecule is CCc1ccc(C(C)=O)c(OC(F)F)c1C. The normalized spacial score (nSPS) is 10.6. The summed E-state index contributed by atoms with van der Waals surface area (Å²) < 4.78 is 28.9. The number of ether oxygens (including phenoxy) is 1. The Hall–Kier alpha value is -1.45. The first kappa shape index (κ1) is 12.6. The van der Waals surface area contributed by atoms with E-state index in [1.54, 1.807) is 13.0 Å². The molecule has 0 saturated carbocycles. The summed E-state index contributed by atoms with van der Waals surface area (Å²) in [5, 5.41) is 0. The maximum absolute atomic E-state index is 12.2. The first-order chi connectivity index (χ1) is 7.47. The molecule has 0 atom stereocenters. The second-order valence-corrected chi connectivity index (χ2v) is 3.51. The van der Waals surface area contributed by atoms with E-state index in [0.29, 0.717) is 12.0 Å². The fourth-order valence-corrected chi connectivity index (χ4v) is 1.63. The molecule has 4 heteroatoms. The number of ketones is 1. The molecule has 0 aromatic heterocycles. The van der Waals surface area contributed by atoms with Crippen LogP contribution in [0.5, 0.6) is 5.75 Å². The third kappa shape index (κ3) is 2.56. The molecule has 0 N–H and O–H groups in total. The summed E-state index contributed by atoms with van der Waals surface area (Å²) in [7, 11) is 0. The molecule has 0 bridgehead atoms. The van der Waals surface area contributed by atoms with E-state index in [9.17, 15) is 13.6 Å². The van der Waals surface area contributed by atoms with E-state index in [1.165, 1.54) is 13.0 Å². The Bertz CT molecular complexity index is 400. The average molecular weight is 228 g/mol. The van der Waals surface area contributed by atoms with Gasteiger partial charge < -0.3 is 4.74 Å². The van der Waals surface area contributed by atoms with Gasteiger partial charge in [-0.3, -0.25) is 4.79 Å². The van der Waals surface area contributed by atoms with Crippen LogP contribution in [0.4, 0.5) is 8.78 Å². The zero-order valence-corrected chi connectivity index (χ0v) is 9.51. The molecule has 1 aromatic rings. The number of hydrogen-bond acceptors (Lipinski definition) is 2. The van der Waals surface area contributed by atoms with Crippen LogP contribution in [0.15, 0.2) is 12.1 Å². The molecular formula is C12H14F2O2. The lowest BCUT2D eigenvalue weighted by molar-refractivity contribution is -0.0506. The maximum Gasteiger partial charge on any atom is 0.387 e. The van der Waals surface area contributed by atoms with E-state index >= 15 is 0 Å². The minimum absolute atomic E-state index is 0.00171. The lowest BCUT2D eigenvalue weighted by Gasteiger charge is -2.14. The summed E-state index contributed by atoms with van der Waals surface area (Å²) in [5.74, 6) is -0.275. The van der Waals surface area contributed by atoms with Crippen molar-refractivity contribution in [2.24, 2.45) is 0 Å². The summed E-state index contributed by atoms with van der Waals surface area (Å²) in [6, 6.07) is 3.30. The molecule has 0 amide bonds. The Morgan fingerprint density at radius 3 is 2.50 bits per heavy atom. The van der Waals surface area contributed by atoms with Crippen LogP contribution in [-0.2, 0) is 6.42 Å². The molecule has 0 spiro atoms. The van der Waals surface area contributed by atoms with Crippen molar-refractivity contribution in [2.75, 3.05) is 0 Å². The van der Waals surface area contributed by atoms with E-state index in [4.69, 9.17) is 0 Å². The first-order valence-corrected chi connectivity index (χ1v) is 5.05. The Morgan fingerprint density at radius 2 is 2.06 bits per heavy atom. The van der Waals surface area contributed by atoms with Gasteiger partial charge in [0.05, 0.1) is 5.56 Å². The van der Waals surface area contributed by atoms with Crippen LogP contribution in [0, 0.1) is 6.92 Å². The number of carbonyl (C=O) groups is 1. The standard InChI is InChI=1S/C12H14F2O2/c1-4-9-5-6-10(8(3)15)11(7(9)2)16-12(13)14/h5-6,12H,4H2,1-3H3. The highest BCUT2D eigenvalue weighted by molar-refractivity contribution is 5.97. The van der Waals surface area contributed by atoms with Crippen molar-refractivity contribution in [3.05, 3.63) is 28.8 Å². The predicted molar refractivity (Wildman–Crippen MR) is 57.2 cm³/mol. The molecule has 1 rings (SSSR count). The van der Waals surface area contributed by atoms with Gasteiger partial charge in [-0.05, 0) is 37.5 Å². The second-order valence-electron chi connectivity index (χ2n) is 3.51. The second kappa shape index (κ2) is 5.05. The van der Waals surface area contributed by atoms with Crippen LogP contribution in [0.25, 0.3) is 0 Å². The summed E-state index contributed by atoms with van der Waals surface area (Å²) >= 11 is 0. The van der Waals surface area contributed by atoms with Crippen LogP contribution in [0.3, 0.4) is 0 Å². The van der Waals surface area contributed by atoms with Gasteiger partial charge in [0.1, 0.15) is 5.75 Å². The maximum atomic E-state index is 12.2. The fourth-order valence-electron chi connectivity index (χ4n) is 1.63. The van der Waals surface area contributed by atoms with Crippen molar-refractivity contribution in [3.8, 4) is 5.75 Å². The molecule has 0 unspecified atom stereocenters. The summed E-state index contributed by atoms with van der Waals surface area (Å²) in [4.78, 5) is 11.3. The zero-order valence-electron chi connectivity index (χ0n) is 9.51. The first-order valence-electron chi connectivity index (χ1n) is 5.05. The monoisotopic (exact) mass is 228 g/mol. The van der Waals surface area contributed by atoms with Crippen LogP contribution in [0.2, 0.25) is 0 Å². The molecule has 88 valence electrons. The Balaban J connectivity index is 3.30. The quantitative estimate of drug-likeness (QED) is 0.738. The number of Topliss-reactive ketones (excluding diaryl/α,β-unsaturated/α-hetero) is 1. The summed E-state index contributed by atoms with van der Waals surface area (Å²) in [6.07, 6.45) is 0.712. The minimum Gasteiger partial charge on any atom is -0.434 e. The van der Waals surface area contributed by atoms with Gasteiger partial charge in [-0.15, -0.1) is 0 Å². The number of rotatable bonds is 4. The molecular weight excluding hydrogens is 214 g/mol. The van der Waals surface area contributed by atoms with Crippen molar-refractivity contribution in [3.63, 3.8) is 0 Å². The van der Waals surface area contributed by atoms with Gasteiger partial charge in [0.15, 0.2) is 5.78 Å². The lowest BCUT2D eigenvalue weighted by Crippen LogP contribution is -2.09. The largest absolute Gasteiger partial charge is 0.434 e. The van der Waals surface area contributed by atoms with Crippen molar-refractivity contribution in [1.29, 1.82) is 0 Å².